The molecule has 4 heteroatoms. The molecule has 1 unspecified atom stereocenters. The second kappa shape index (κ2) is 26.6. The Balaban J connectivity index is -0.0000000536. The summed E-state index contributed by atoms with van der Waals surface area (Å²) in [7, 11) is 0. The Morgan fingerprint density at radius 2 is 1.30 bits per heavy atom. The average Bonchev–Trinajstić information content (AvgIpc) is 2.33. The predicted molar refractivity (Wildman–Crippen MR) is 109 cm³/mol. The first-order valence-corrected chi connectivity index (χ1v) is 6.68. The quantitative estimate of drug-likeness (QED) is 0.522. The molecular weight excluding hydrogens is 308 g/mol. The molecule has 0 aromatic heterocycles. The zero-order chi connectivity index (χ0) is 12.6. The van der Waals surface area contributed by atoms with E-state index in [9.17, 15) is 4.79 Å². The molecule has 0 saturated carbocycles. The van der Waals surface area contributed by atoms with Gasteiger partial charge in [-0.05, 0) is 26.7 Å². The molecule has 0 radical (unpaired) electrons. The van der Waals surface area contributed by atoms with Crippen LogP contribution in [0.15, 0.2) is 0 Å². The summed E-state index contributed by atoms with van der Waals surface area (Å²) in [4.78, 5) is 11.7. The minimum absolute atomic E-state index is 0. The number of nitrogens with one attached hydrogen (secondary N) is 1. The van der Waals surface area contributed by atoms with Gasteiger partial charge in [-0.15, -0.1) is 0 Å². The van der Waals surface area contributed by atoms with Crippen LogP contribution in [0.4, 0.5) is 0 Å². The van der Waals surface area contributed by atoms with Crippen molar-refractivity contribution in [1.29, 1.82) is 0 Å². The van der Waals surface area contributed by atoms with Gasteiger partial charge in [-0.3, -0.25) is 4.79 Å². The van der Waals surface area contributed by atoms with Crippen molar-refractivity contribution in [2.24, 2.45) is 5.92 Å². The molecule has 1 amide bonds. The lowest BCUT2D eigenvalue weighted by molar-refractivity contribution is -0.926. The fraction of sp³-hybridized carbons (Fsp3) is 0.947. The van der Waals surface area contributed by atoms with Crippen molar-refractivity contribution in [3.05, 3.63) is 0 Å². The van der Waals surface area contributed by atoms with Gasteiger partial charge in [-0.25, -0.2) is 0 Å². The highest BCUT2D eigenvalue weighted by molar-refractivity contribution is 5.77. The Morgan fingerprint density at radius 1 is 0.913 bits per heavy atom. The first-order valence-electron chi connectivity index (χ1n) is 6.68. The predicted octanol–water partition coefficient (Wildman–Crippen LogP) is 3.19. The van der Waals surface area contributed by atoms with Crippen LogP contribution in [0.1, 0.15) is 92.0 Å². The Hall–Kier alpha value is -0.280. The summed E-state index contributed by atoms with van der Waals surface area (Å²) in [5, 5.41) is 3.09. The molecule has 1 atom stereocenters. The molecule has 0 saturated heterocycles. The van der Waals surface area contributed by atoms with E-state index in [2.05, 4.69) is 33.0 Å². The zero-order valence-electron chi connectivity index (χ0n) is 12.1. The fourth-order valence-electron chi connectivity index (χ4n) is 1.92. The SMILES string of the molecule is C.C.C.C.C.C.CCC[N+](CC)(CC)CNC(=O)C(C)CC.[Cl-]. The summed E-state index contributed by atoms with van der Waals surface area (Å²) in [6.45, 7) is 14.8. The zero-order valence-corrected chi connectivity index (χ0v) is 12.8. The second-order valence-corrected chi connectivity index (χ2v) is 4.71. The number of quaternary nitrogens is 1. The van der Waals surface area contributed by atoms with Gasteiger partial charge in [0.1, 0.15) is 0 Å². The maximum atomic E-state index is 11.7. The van der Waals surface area contributed by atoms with Gasteiger partial charge in [0.05, 0.1) is 19.6 Å². The van der Waals surface area contributed by atoms with Gasteiger partial charge in [-0.1, -0.05) is 65.3 Å². The van der Waals surface area contributed by atoms with E-state index in [1.54, 1.807) is 0 Å². The molecule has 152 valence electrons. The first-order chi connectivity index (χ1) is 7.55. The van der Waals surface area contributed by atoms with Crippen LogP contribution in [0.5, 0.6) is 0 Å². The van der Waals surface area contributed by atoms with E-state index >= 15 is 0 Å². The topological polar surface area (TPSA) is 29.1 Å². The summed E-state index contributed by atoms with van der Waals surface area (Å²) in [5.41, 5.74) is 0. The van der Waals surface area contributed by atoms with Gasteiger partial charge in [0.25, 0.3) is 0 Å². The lowest BCUT2D eigenvalue weighted by Gasteiger charge is -2.36. The van der Waals surface area contributed by atoms with Gasteiger partial charge in [0.15, 0.2) is 6.67 Å². The molecule has 0 aromatic carbocycles. The summed E-state index contributed by atoms with van der Waals surface area (Å²) in [6, 6.07) is 0. The highest BCUT2D eigenvalue weighted by atomic mass is 35.5. The molecule has 23 heavy (non-hydrogen) atoms. The molecule has 0 aliphatic heterocycles. The number of hydrogen-bond donors (Lipinski definition) is 1. The summed E-state index contributed by atoms with van der Waals surface area (Å²) in [6.07, 6.45) is 2.08. The van der Waals surface area contributed by atoms with Crippen molar-refractivity contribution >= 4 is 5.91 Å². The number of carbonyl (C=O) groups excluding carboxylic acids is 1. The molecule has 0 heterocycles. The van der Waals surface area contributed by atoms with Crippen LogP contribution in [-0.2, 0) is 4.79 Å². The third-order valence-electron chi connectivity index (χ3n) is 3.69. The van der Waals surface area contributed by atoms with Gasteiger partial charge >= 0.3 is 0 Å². The fourth-order valence-corrected chi connectivity index (χ4v) is 1.92. The summed E-state index contributed by atoms with van der Waals surface area (Å²) in [5.74, 6) is 0.334. The van der Waals surface area contributed by atoms with Crippen LogP contribution in [0, 0.1) is 5.92 Å². The van der Waals surface area contributed by atoms with E-state index in [1.807, 2.05) is 6.92 Å². The third-order valence-corrected chi connectivity index (χ3v) is 3.69. The number of rotatable bonds is 8. The van der Waals surface area contributed by atoms with E-state index in [0.717, 1.165) is 37.2 Å². The third kappa shape index (κ3) is 17.9. The maximum Gasteiger partial charge on any atom is 0.227 e. The number of amides is 1. The largest absolute Gasteiger partial charge is 1.00 e. The first kappa shape index (κ1) is 49.5. The minimum Gasteiger partial charge on any atom is -1.00 e. The Labute approximate surface area is 157 Å². The standard InChI is InChI=1S/C13H28N2O.6CH4.ClH/c1-6-10-15(8-3,9-4)11-14-13(16)12(5)7-2;;;;;;;/h12H,6-11H2,1-5H3;6*1H4;1H. The van der Waals surface area contributed by atoms with Crippen LogP contribution in [0.2, 0.25) is 0 Å². The molecule has 0 aliphatic rings. The van der Waals surface area contributed by atoms with Crippen LogP contribution < -0.4 is 17.7 Å². The molecule has 3 nitrogen and oxygen atoms in total. The monoisotopic (exact) mass is 360 g/mol. The van der Waals surface area contributed by atoms with Crippen molar-refractivity contribution in [2.75, 3.05) is 26.3 Å². The highest BCUT2D eigenvalue weighted by Gasteiger charge is 2.23. The van der Waals surface area contributed by atoms with E-state index < -0.39 is 0 Å². The van der Waals surface area contributed by atoms with Crippen LogP contribution >= 0.6 is 0 Å². The van der Waals surface area contributed by atoms with Crippen molar-refractivity contribution < 1.29 is 21.7 Å². The van der Waals surface area contributed by atoms with Crippen LogP contribution in [0.25, 0.3) is 0 Å². The van der Waals surface area contributed by atoms with Crippen molar-refractivity contribution in [3.8, 4) is 0 Å². The van der Waals surface area contributed by atoms with E-state index in [0.29, 0.717) is 0 Å². The normalized spacial score (nSPS) is 9.43. The lowest BCUT2D eigenvalue weighted by Crippen LogP contribution is -3.00. The van der Waals surface area contributed by atoms with Gasteiger partial charge in [-0.2, -0.15) is 0 Å². The molecule has 0 spiro atoms. The molecule has 0 rings (SSSR count). The Morgan fingerprint density at radius 3 is 1.57 bits per heavy atom. The summed E-state index contributed by atoms with van der Waals surface area (Å²) < 4.78 is 0.999. The van der Waals surface area contributed by atoms with Crippen LogP contribution in [-0.4, -0.2) is 36.7 Å². The highest BCUT2D eigenvalue weighted by Crippen LogP contribution is 2.07. The Bertz CT molecular complexity index is 208. The number of nitrogens with zero attached hydrogens (tertiary/aromatic N) is 1. The van der Waals surface area contributed by atoms with Gasteiger partial charge < -0.3 is 22.2 Å². The summed E-state index contributed by atoms with van der Waals surface area (Å²) >= 11 is 0. The van der Waals surface area contributed by atoms with Gasteiger partial charge in [0.2, 0.25) is 5.91 Å². The Kier molecular flexibility index (Phi) is 57.2. The molecule has 0 fully saturated rings. The smallest absolute Gasteiger partial charge is 0.227 e. The van der Waals surface area contributed by atoms with Crippen LogP contribution in [0.3, 0.4) is 0 Å². The number of halogens is 1. The number of hydrogen-bond acceptors (Lipinski definition) is 1. The van der Waals surface area contributed by atoms with E-state index in [4.69, 9.17) is 0 Å². The van der Waals surface area contributed by atoms with Crippen molar-refractivity contribution in [1.82, 2.24) is 5.32 Å². The average molecular weight is 361 g/mol. The lowest BCUT2D eigenvalue weighted by atomic mass is 10.1. The minimum atomic E-state index is 0. The van der Waals surface area contributed by atoms with E-state index in [1.165, 1.54) is 6.42 Å². The van der Waals surface area contributed by atoms with Crippen molar-refractivity contribution in [2.45, 2.75) is 92.0 Å². The molecule has 0 aromatic rings. The van der Waals surface area contributed by atoms with Crippen molar-refractivity contribution in [3.63, 3.8) is 0 Å². The second-order valence-electron chi connectivity index (χ2n) is 4.71. The maximum absolute atomic E-state index is 11.7. The molecule has 1 N–H and O–H groups in total. The number of carbonyl (C=O) groups is 1. The van der Waals surface area contributed by atoms with Gasteiger partial charge in [0, 0.05) is 5.92 Å². The molecular formula is C19H53ClN2O. The molecule has 0 aliphatic carbocycles. The molecule has 0 bridgehead atoms. The van der Waals surface area contributed by atoms with E-state index in [-0.39, 0.29) is 68.8 Å².